The van der Waals surface area contributed by atoms with Crippen molar-refractivity contribution in [2.45, 2.75) is 26.4 Å². The highest BCUT2D eigenvalue weighted by Gasteiger charge is 2.15. The highest BCUT2D eigenvalue weighted by Crippen LogP contribution is 2.28. The Labute approximate surface area is 222 Å². The Morgan fingerprint density at radius 3 is 2.65 bits per heavy atom. The Morgan fingerprint density at radius 1 is 1.05 bits per heavy atom. The number of hydrogen-bond donors (Lipinski definition) is 0. The number of fused-ring (bicyclic) bond motifs is 2. The molecule has 4 aromatic carbocycles. The normalized spacial score (nSPS) is 11.4. The zero-order chi connectivity index (χ0) is 25.9. The van der Waals surface area contributed by atoms with E-state index in [0.717, 1.165) is 26.4 Å². The number of aromatic nitrogens is 2. The second-order valence-corrected chi connectivity index (χ2v) is 9.82. The zero-order valence-corrected chi connectivity index (χ0v) is 21.9. The molecule has 0 atom stereocenters. The first-order chi connectivity index (χ1) is 18.0. The van der Waals surface area contributed by atoms with E-state index in [9.17, 15) is 10.1 Å². The largest absolute Gasteiger partial charge is 0.488 e. The topological polar surface area (TPSA) is 80.3 Å². The van der Waals surface area contributed by atoms with Crippen LogP contribution >= 0.6 is 15.9 Å². The van der Waals surface area contributed by atoms with E-state index in [0.29, 0.717) is 28.0 Å². The van der Waals surface area contributed by atoms with Gasteiger partial charge in [0, 0.05) is 21.5 Å². The molecule has 7 heteroatoms. The summed E-state index contributed by atoms with van der Waals surface area (Å²) in [6.45, 7) is 4.20. The van der Waals surface area contributed by atoms with Gasteiger partial charge in [0.15, 0.2) is 0 Å². The first kappa shape index (κ1) is 24.4. The molecular weight excluding hydrogens is 528 g/mol. The fourth-order valence-electron chi connectivity index (χ4n) is 4.21. The van der Waals surface area contributed by atoms with Crippen LogP contribution in [0.5, 0.6) is 5.75 Å². The second kappa shape index (κ2) is 10.4. The van der Waals surface area contributed by atoms with Gasteiger partial charge in [-0.1, -0.05) is 78.3 Å². The molecule has 0 bridgehead atoms. The van der Waals surface area contributed by atoms with E-state index in [1.165, 1.54) is 4.68 Å². The fourth-order valence-corrected chi connectivity index (χ4v) is 4.57. The zero-order valence-electron chi connectivity index (χ0n) is 20.4. The third kappa shape index (κ3) is 4.89. The molecule has 0 spiro atoms. The van der Waals surface area contributed by atoms with Gasteiger partial charge in [0.25, 0.3) is 5.56 Å². The van der Waals surface area contributed by atoms with E-state index < -0.39 is 0 Å². The monoisotopic (exact) mass is 550 g/mol. The summed E-state index contributed by atoms with van der Waals surface area (Å²) in [4.78, 5) is 18.2. The van der Waals surface area contributed by atoms with Crippen LogP contribution in [-0.4, -0.2) is 15.9 Å². The third-order valence-electron chi connectivity index (χ3n) is 6.10. The van der Waals surface area contributed by atoms with Crippen molar-refractivity contribution in [3.05, 3.63) is 116 Å². The summed E-state index contributed by atoms with van der Waals surface area (Å²) >= 11 is 3.45. The lowest BCUT2D eigenvalue weighted by Crippen LogP contribution is -2.23. The van der Waals surface area contributed by atoms with E-state index in [1.807, 2.05) is 80.6 Å². The minimum absolute atomic E-state index is 0.0244. The average molecular weight is 551 g/mol. The minimum Gasteiger partial charge on any atom is -0.488 e. The fraction of sp³-hybridized carbons (Fsp3) is 0.133. The molecule has 5 aromatic rings. The predicted octanol–water partition coefficient (Wildman–Crippen LogP) is 6.77. The van der Waals surface area contributed by atoms with Gasteiger partial charge < -0.3 is 4.74 Å². The maximum atomic E-state index is 13.5. The van der Waals surface area contributed by atoms with Crippen molar-refractivity contribution >= 4 is 43.8 Å². The lowest BCUT2D eigenvalue weighted by atomic mass is 10.0. The number of benzene rings is 4. The van der Waals surface area contributed by atoms with Crippen molar-refractivity contribution in [3.63, 3.8) is 0 Å². The Hall–Kier alpha value is -4.28. The first-order valence-electron chi connectivity index (χ1n) is 11.9. The van der Waals surface area contributed by atoms with E-state index in [-0.39, 0.29) is 18.1 Å². The number of nitriles is 1. The van der Waals surface area contributed by atoms with Gasteiger partial charge in [-0.2, -0.15) is 15.0 Å². The van der Waals surface area contributed by atoms with Gasteiger partial charge in [0.05, 0.1) is 28.8 Å². The number of nitrogens with zero attached hydrogens (tertiary/aromatic N) is 4. The molecule has 1 aromatic heterocycles. The molecule has 0 saturated heterocycles. The standard InChI is InChI=1S/C30H23BrN4O2/c1-19(2)29-34-27-13-12-23(31)15-25(27)30(36)35(29)33-17-26-24-10-6-5-7-20(24)11-14-28(26)37-18-22-9-4-3-8-21(22)16-32/h3-15,17,19H,18H2,1-2H3. The van der Waals surface area contributed by atoms with Gasteiger partial charge in [-0.15, -0.1) is 0 Å². The Bertz CT molecular complexity index is 1770. The second-order valence-electron chi connectivity index (χ2n) is 8.90. The lowest BCUT2D eigenvalue weighted by molar-refractivity contribution is 0.306. The summed E-state index contributed by atoms with van der Waals surface area (Å²) < 4.78 is 8.38. The molecule has 0 aliphatic rings. The van der Waals surface area contributed by atoms with Crippen molar-refractivity contribution in [2.24, 2.45) is 5.10 Å². The van der Waals surface area contributed by atoms with Crippen LogP contribution < -0.4 is 10.3 Å². The van der Waals surface area contributed by atoms with Crippen LogP contribution in [0.15, 0.2) is 93.2 Å². The molecular formula is C30H23BrN4O2. The van der Waals surface area contributed by atoms with E-state index in [2.05, 4.69) is 27.1 Å². The summed E-state index contributed by atoms with van der Waals surface area (Å²) in [6.07, 6.45) is 1.66. The molecule has 37 heavy (non-hydrogen) atoms. The molecule has 0 aliphatic carbocycles. The van der Waals surface area contributed by atoms with E-state index in [1.54, 1.807) is 18.3 Å². The summed E-state index contributed by atoms with van der Waals surface area (Å²) in [7, 11) is 0. The van der Waals surface area contributed by atoms with Crippen molar-refractivity contribution in [3.8, 4) is 11.8 Å². The maximum absolute atomic E-state index is 13.5. The Balaban J connectivity index is 1.63. The van der Waals surface area contributed by atoms with Gasteiger partial charge >= 0.3 is 0 Å². The Morgan fingerprint density at radius 2 is 1.84 bits per heavy atom. The average Bonchev–Trinajstić information content (AvgIpc) is 2.91. The van der Waals surface area contributed by atoms with E-state index in [4.69, 9.17) is 9.72 Å². The summed E-state index contributed by atoms with van der Waals surface area (Å²) in [5.41, 5.74) is 2.50. The first-order valence-corrected chi connectivity index (χ1v) is 12.6. The SMILES string of the molecule is CC(C)c1nc2ccc(Br)cc2c(=O)n1N=Cc1c(OCc2ccccc2C#N)ccc2ccccc12. The summed E-state index contributed by atoms with van der Waals surface area (Å²) in [6, 6.07) is 26.8. The highest BCUT2D eigenvalue weighted by atomic mass is 79.9. The van der Waals surface area contributed by atoms with Crippen LogP contribution in [0.2, 0.25) is 0 Å². The molecule has 6 nitrogen and oxygen atoms in total. The van der Waals surface area contributed by atoms with Crippen LogP contribution in [0.3, 0.4) is 0 Å². The summed E-state index contributed by atoms with van der Waals surface area (Å²) in [5.74, 6) is 1.15. The van der Waals surface area contributed by atoms with Crippen LogP contribution in [-0.2, 0) is 6.61 Å². The van der Waals surface area contributed by atoms with Crippen molar-refractivity contribution < 1.29 is 4.74 Å². The smallest absolute Gasteiger partial charge is 0.282 e. The van der Waals surface area contributed by atoms with Crippen LogP contribution in [0.4, 0.5) is 0 Å². The molecule has 0 unspecified atom stereocenters. The number of hydrogen-bond acceptors (Lipinski definition) is 5. The van der Waals surface area contributed by atoms with Crippen LogP contribution in [0.1, 0.15) is 42.3 Å². The van der Waals surface area contributed by atoms with Gasteiger partial charge in [-0.3, -0.25) is 4.79 Å². The molecule has 0 saturated carbocycles. The maximum Gasteiger partial charge on any atom is 0.282 e. The summed E-state index contributed by atoms with van der Waals surface area (Å²) in [5, 5.41) is 16.5. The number of ether oxygens (including phenoxy) is 1. The third-order valence-corrected chi connectivity index (χ3v) is 6.60. The highest BCUT2D eigenvalue weighted by molar-refractivity contribution is 9.10. The van der Waals surface area contributed by atoms with Gasteiger partial charge in [0.1, 0.15) is 18.2 Å². The molecule has 0 N–H and O–H groups in total. The van der Waals surface area contributed by atoms with Crippen molar-refractivity contribution in [1.29, 1.82) is 5.26 Å². The number of rotatable bonds is 6. The molecule has 0 radical (unpaired) electrons. The molecule has 5 rings (SSSR count). The minimum atomic E-state index is -0.239. The van der Waals surface area contributed by atoms with Crippen molar-refractivity contribution in [2.75, 3.05) is 0 Å². The number of halogens is 1. The molecule has 0 aliphatic heterocycles. The van der Waals surface area contributed by atoms with Crippen molar-refractivity contribution in [1.82, 2.24) is 9.66 Å². The van der Waals surface area contributed by atoms with Gasteiger partial charge in [0.2, 0.25) is 0 Å². The molecule has 182 valence electrons. The predicted molar refractivity (Wildman–Crippen MR) is 150 cm³/mol. The van der Waals surface area contributed by atoms with Crippen LogP contribution in [0.25, 0.3) is 21.7 Å². The quantitative estimate of drug-likeness (QED) is 0.218. The molecule has 0 amide bonds. The molecule has 0 fully saturated rings. The van der Waals surface area contributed by atoms with E-state index >= 15 is 0 Å². The lowest BCUT2D eigenvalue weighted by Gasteiger charge is -2.14. The van der Waals surface area contributed by atoms with Gasteiger partial charge in [-0.05, 0) is 41.1 Å². The van der Waals surface area contributed by atoms with Gasteiger partial charge in [-0.25, -0.2) is 4.98 Å². The molecule has 1 heterocycles. The van der Waals surface area contributed by atoms with Crippen LogP contribution in [0, 0.1) is 11.3 Å². The Kier molecular flexibility index (Phi) is 6.85.